The molecule has 2 aromatic heterocycles. The van der Waals surface area contributed by atoms with E-state index in [1.54, 1.807) is 6.07 Å². The predicted octanol–water partition coefficient (Wildman–Crippen LogP) is 6.09. The molecule has 0 unspecified atom stereocenters. The fourth-order valence-corrected chi connectivity index (χ4v) is 4.20. The Bertz CT molecular complexity index is 1440. The maximum absolute atomic E-state index is 9.53. The number of fused-ring (bicyclic) bond motifs is 6. The number of hydrogen-bond acceptors (Lipinski definition) is 4. The number of imidazole rings is 1. The normalized spacial score (nSPS) is 11.0. The summed E-state index contributed by atoms with van der Waals surface area (Å²) in [4.78, 5) is 12.2. The Balaban J connectivity index is 1.98. The molecule has 7 heteroatoms. The largest absolute Gasteiger partial charge is 0.337 e. The first-order chi connectivity index (χ1) is 14.1. The molecule has 1 N–H and O–H groups in total. The van der Waals surface area contributed by atoms with Crippen LogP contribution in [0, 0.1) is 22.7 Å². The fraction of sp³-hybridized carbons (Fsp3) is 0. The standard InChI is InChI=1S/C22H9BrClN5/c23-12-1-3-14-16(7-12)17-8-13(24)2-4-15(17)21-20(14)28-22(29-21)19-11(9-25)5-6-27-18(19)10-26/h1-8H,(H,28,29). The van der Waals surface area contributed by atoms with Gasteiger partial charge >= 0.3 is 0 Å². The minimum Gasteiger partial charge on any atom is -0.337 e. The van der Waals surface area contributed by atoms with Crippen LogP contribution in [0.25, 0.3) is 44.0 Å². The number of halogens is 2. The average Bonchev–Trinajstić information content (AvgIpc) is 3.18. The summed E-state index contributed by atoms with van der Waals surface area (Å²) in [6, 6.07) is 17.5. The molecule has 136 valence electrons. The Morgan fingerprint density at radius 3 is 2.52 bits per heavy atom. The number of aromatic nitrogens is 3. The van der Waals surface area contributed by atoms with Crippen LogP contribution in [-0.4, -0.2) is 15.0 Å². The molecule has 0 spiro atoms. The molecule has 0 fully saturated rings. The lowest BCUT2D eigenvalue weighted by molar-refractivity contribution is 1.22. The van der Waals surface area contributed by atoms with E-state index in [1.807, 2.05) is 36.4 Å². The molecular weight excluding hydrogens is 450 g/mol. The van der Waals surface area contributed by atoms with E-state index in [0.29, 0.717) is 22.0 Å². The van der Waals surface area contributed by atoms with E-state index in [0.717, 1.165) is 37.1 Å². The molecule has 0 bridgehead atoms. The topological polar surface area (TPSA) is 89.2 Å². The summed E-state index contributed by atoms with van der Waals surface area (Å²) in [6.07, 6.45) is 1.45. The Kier molecular flexibility index (Phi) is 3.99. The monoisotopic (exact) mass is 457 g/mol. The molecule has 5 nitrogen and oxygen atoms in total. The summed E-state index contributed by atoms with van der Waals surface area (Å²) >= 11 is 9.81. The molecule has 0 aliphatic heterocycles. The van der Waals surface area contributed by atoms with Crippen molar-refractivity contribution in [2.45, 2.75) is 0 Å². The summed E-state index contributed by atoms with van der Waals surface area (Å²) in [5.74, 6) is 0.438. The fourth-order valence-electron chi connectivity index (χ4n) is 3.66. The van der Waals surface area contributed by atoms with Crippen LogP contribution in [0.5, 0.6) is 0 Å². The van der Waals surface area contributed by atoms with Crippen molar-refractivity contribution in [3.05, 3.63) is 69.4 Å². The minimum absolute atomic E-state index is 0.155. The number of aromatic amines is 1. The van der Waals surface area contributed by atoms with Crippen LogP contribution >= 0.6 is 27.5 Å². The number of nitrogens with one attached hydrogen (secondary N) is 1. The van der Waals surface area contributed by atoms with Gasteiger partial charge in [-0.3, -0.25) is 0 Å². The second-order valence-corrected chi connectivity index (χ2v) is 7.85. The lowest BCUT2D eigenvalue weighted by Gasteiger charge is -2.07. The predicted molar refractivity (Wildman–Crippen MR) is 116 cm³/mol. The van der Waals surface area contributed by atoms with Crippen molar-refractivity contribution < 1.29 is 0 Å². The Labute approximate surface area is 178 Å². The van der Waals surface area contributed by atoms with Crippen molar-refractivity contribution in [2.75, 3.05) is 0 Å². The highest BCUT2D eigenvalue weighted by molar-refractivity contribution is 9.10. The first-order valence-electron chi connectivity index (χ1n) is 8.60. The molecule has 0 saturated heterocycles. The number of pyridine rings is 1. The van der Waals surface area contributed by atoms with Crippen molar-refractivity contribution in [1.82, 2.24) is 15.0 Å². The molecule has 0 radical (unpaired) electrons. The van der Waals surface area contributed by atoms with E-state index in [9.17, 15) is 10.5 Å². The van der Waals surface area contributed by atoms with Gasteiger partial charge in [-0.05, 0) is 41.1 Å². The molecule has 5 aromatic rings. The maximum atomic E-state index is 9.53. The van der Waals surface area contributed by atoms with Gasteiger partial charge < -0.3 is 4.98 Å². The summed E-state index contributed by atoms with van der Waals surface area (Å²) in [6.45, 7) is 0. The number of benzene rings is 3. The third-order valence-corrected chi connectivity index (χ3v) is 5.62. The van der Waals surface area contributed by atoms with Crippen molar-refractivity contribution in [2.24, 2.45) is 0 Å². The van der Waals surface area contributed by atoms with E-state index in [2.05, 4.69) is 38.0 Å². The summed E-state index contributed by atoms with van der Waals surface area (Å²) in [5.41, 5.74) is 2.48. The summed E-state index contributed by atoms with van der Waals surface area (Å²) in [7, 11) is 0. The molecular formula is C22H9BrClN5. The zero-order valence-corrected chi connectivity index (χ0v) is 17.0. The molecule has 0 aliphatic carbocycles. The third kappa shape index (κ3) is 2.66. The van der Waals surface area contributed by atoms with Crippen molar-refractivity contribution >= 4 is 60.1 Å². The second-order valence-electron chi connectivity index (χ2n) is 6.49. The lowest BCUT2D eigenvalue weighted by Crippen LogP contribution is -1.94. The van der Waals surface area contributed by atoms with Crippen LogP contribution < -0.4 is 0 Å². The Morgan fingerprint density at radius 1 is 0.931 bits per heavy atom. The van der Waals surface area contributed by atoms with Gasteiger partial charge in [-0.15, -0.1) is 0 Å². The van der Waals surface area contributed by atoms with E-state index in [1.165, 1.54) is 6.20 Å². The van der Waals surface area contributed by atoms with Crippen molar-refractivity contribution in [1.29, 1.82) is 10.5 Å². The van der Waals surface area contributed by atoms with E-state index in [-0.39, 0.29) is 5.69 Å². The van der Waals surface area contributed by atoms with Crippen LogP contribution in [0.1, 0.15) is 11.3 Å². The zero-order valence-electron chi connectivity index (χ0n) is 14.7. The van der Waals surface area contributed by atoms with Gasteiger partial charge in [0.05, 0.1) is 22.2 Å². The number of rotatable bonds is 1. The molecule has 3 aromatic carbocycles. The van der Waals surface area contributed by atoms with Gasteiger partial charge in [-0.2, -0.15) is 10.5 Å². The number of nitriles is 2. The molecule has 0 saturated carbocycles. The lowest BCUT2D eigenvalue weighted by atomic mass is 10.00. The first kappa shape index (κ1) is 17.6. The molecule has 0 amide bonds. The minimum atomic E-state index is 0.155. The van der Waals surface area contributed by atoms with Gasteiger partial charge in [-0.1, -0.05) is 39.7 Å². The highest BCUT2D eigenvalue weighted by Crippen LogP contribution is 2.38. The summed E-state index contributed by atoms with van der Waals surface area (Å²) in [5, 5.41) is 23.6. The van der Waals surface area contributed by atoms with Crippen LogP contribution in [0.3, 0.4) is 0 Å². The zero-order chi connectivity index (χ0) is 20.1. The first-order valence-corrected chi connectivity index (χ1v) is 9.77. The number of H-pyrrole nitrogens is 1. The van der Waals surface area contributed by atoms with Crippen molar-refractivity contribution in [3.8, 4) is 23.5 Å². The van der Waals surface area contributed by atoms with E-state index in [4.69, 9.17) is 16.6 Å². The van der Waals surface area contributed by atoms with Gasteiger partial charge in [0.25, 0.3) is 0 Å². The molecule has 5 rings (SSSR count). The number of hydrogen-bond donors (Lipinski definition) is 1. The maximum Gasteiger partial charge on any atom is 0.152 e. The highest BCUT2D eigenvalue weighted by Gasteiger charge is 2.19. The highest BCUT2D eigenvalue weighted by atomic mass is 79.9. The second kappa shape index (κ2) is 6.56. The SMILES string of the molecule is N#Cc1ccnc(C#N)c1-c1nc2c3ccc(Br)cc3c3cc(Cl)ccc3c2[nH]1. The quantitative estimate of drug-likeness (QED) is 0.308. The molecule has 0 aliphatic rings. The van der Waals surface area contributed by atoms with Crippen LogP contribution in [0.2, 0.25) is 5.02 Å². The van der Waals surface area contributed by atoms with Gasteiger partial charge in [0.1, 0.15) is 18.0 Å². The van der Waals surface area contributed by atoms with Gasteiger partial charge in [0.15, 0.2) is 5.69 Å². The Hall–Kier alpha value is -3.45. The number of nitrogens with zero attached hydrogens (tertiary/aromatic N) is 4. The molecule has 2 heterocycles. The van der Waals surface area contributed by atoms with E-state index >= 15 is 0 Å². The summed E-state index contributed by atoms with van der Waals surface area (Å²) < 4.78 is 0.951. The Morgan fingerprint density at radius 2 is 1.72 bits per heavy atom. The van der Waals surface area contributed by atoms with Gasteiger partial charge in [0, 0.05) is 26.5 Å². The van der Waals surface area contributed by atoms with E-state index < -0.39 is 0 Å². The van der Waals surface area contributed by atoms with Crippen LogP contribution in [-0.2, 0) is 0 Å². The van der Waals surface area contributed by atoms with Crippen LogP contribution in [0.4, 0.5) is 0 Å². The average molecular weight is 459 g/mol. The molecule has 29 heavy (non-hydrogen) atoms. The molecule has 0 atom stereocenters. The third-order valence-electron chi connectivity index (χ3n) is 4.90. The van der Waals surface area contributed by atoms with Gasteiger partial charge in [0.2, 0.25) is 0 Å². The van der Waals surface area contributed by atoms with Crippen LogP contribution in [0.15, 0.2) is 53.1 Å². The smallest absolute Gasteiger partial charge is 0.152 e. The van der Waals surface area contributed by atoms with Crippen molar-refractivity contribution in [3.63, 3.8) is 0 Å². The van der Waals surface area contributed by atoms with Gasteiger partial charge in [-0.25, -0.2) is 9.97 Å².